The highest BCUT2D eigenvalue weighted by molar-refractivity contribution is 7.92. The van der Waals surface area contributed by atoms with Gasteiger partial charge in [0.25, 0.3) is 15.9 Å². The number of carbonyl (C=O) groups excluding carboxylic acids is 1. The van der Waals surface area contributed by atoms with E-state index < -0.39 is 22.5 Å². The molecule has 1 amide bonds. The number of sulfonamides is 1. The Morgan fingerprint density at radius 3 is 2.35 bits per heavy atom. The summed E-state index contributed by atoms with van der Waals surface area (Å²) < 4.78 is 39.3. The van der Waals surface area contributed by atoms with Gasteiger partial charge in [-0.15, -0.1) is 0 Å². The molecule has 0 aliphatic carbocycles. The SMILES string of the molecule is COc1cc(/C=N\NC(=O)CN(c2ccccc2Cl)S(=O)(=O)c2ccc(C)cc2)ccc1OCc1ccccc1. The predicted molar refractivity (Wildman–Crippen MR) is 157 cm³/mol. The zero-order valence-electron chi connectivity index (χ0n) is 22.0. The molecule has 0 aromatic heterocycles. The first-order valence-corrected chi connectivity index (χ1v) is 14.1. The summed E-state index contributed by atoms with van der Waals surface area (Å²) in [6.45, 7) is 1.70. The minimum absolute atomic E-state index is 0.0380. The molecular formula is C30H28ClN3O5S. The number of halogens is 1. The van der Waals surface area contributed by atoms with Crippen molar-refractivity contribution in [1.29, 1.82) is 0 Å². The Bertz CT molecular complexity index is 1590. The predicted octanol–water partition coefficient (Wildman–Crippen LogP) is 5.58. The second-order valence-corrected chi connectivity index (χ2v) is 11.0. The first kappa shape index (κ1) is 28.7. The van der Waals surface area contributed by atoms with Gasteiger partial charge in [-0.25, -0.2) is 13.8 Å². The summed E-state index contributed by atoms with van der Waals surface area (Å²) in [6, 6.07) is 27.8. The van der Waals surface area contributed by atoms with Gasteiger partial charge in [0.1, 0.15) is 13.2 Å². The fraction of sp³-hybridized carbons (Fsp3) is 0.133. The number of benzene rings is 4. The smallest absolute Gasteiger partial charge is 0.264 e. The number of carbonyl (C=O) groups is 1. The van der Waals surface area contributed by atoms with E-state index in [0.717, 1.165) is 15.4 Å². The normalized spacial score (nSPS) is 11.3. The molecule has 40 heavy (non-hydrogen) atoms. The first-order valence-electron chi connectivity index (χ1n) is 12.3. The number of aryl methyl sites for hydroxylation is 1. The molecule has 4 aromatic carbocycles. The number of ether oxygens (including phenoxy) is 2. The molecule has 0 heterocycles. The molecule has 0 unspecified atom stereocenters. The average Bonchev–Trinajstić information content (AvgIpc) is 2.96. The van der Waals surface area contributed by atoms with E-state index in [1.54, 1.807) is 48.5 Å². The Balaban J connectivity index is 1.47. The fourth-order valence-electron chi connectivity index (χ4n) is 3.75. The Hall–Kier alpha value is -4.34. The number of rotatable bonds is 11. The molecule has 1 N–H and O–H groups in total. The van der Waals surface area contributed by atoms with Gasteiger partial charge in [-0.2, -0.15) is 5.10 Å². The van der Waals surface area contributed by atoms with Gasteiger partial charge in [-0.1, -0.05) is 71.8 Å². The number of amides is 1. The molecule has 4 rings (SSSR count). The minimum atomic E-state index is -4.10. The van der Waals surface area contributed by atoms with Gasteiger partial charge in [-0.05, 0) is 60.5 Å². The second-order valence-electron chi connectivity index (χ2n) is 8.75. The van der Waals surface area contributed by atoms with E-state index in [9.17, 15) is 13.2 Å². The van der Waals surface area contributed by atoms with Crippen molar-refractivity contribution in [2.45, 2.75) is 18.4 Å². The molecule has 4 aromatic rings. The standard InChI is InChI=1S/C30H28ClN3O5S/c1-22-12-15-25(16-13-22)40(36,37)34(27-11-7-6-10-26(27)31)20-30(35)33-32-19-24-14-17-28(29(18-24)38-2)39-21-23-8-4-3-5-9-23/h3-19H,20-21H2,1-2H3,(H,33,35)/b32-19-. The van der Waals surface area contributed by atoms with Crippen molar-refractivity contribution in [2.24, 2.45) is 5.10 Å². The van der Waals surface area contributed by atoms with Crippen LogP contribution in [0.1, 0.15) is 16.7 Å². The second kappa shape index (κ2) is 13.1. The van der Waals surface area contributed by atoms with Crippen LogP contribution in [0.2, 0.25) is 5.02 Å². The van der Waals surface area contributed by atoms with Gasteiger partial charge >= 0.3 is 0 Å². The third-order valence-corrected chi connectivity index (χ3v) is 7.94. The summed E-state index contributed by atoms with van der Waals surface area (Å²) in [7, 11) is -2.57. The van der Waals surface area contributed by atoms with Crippen molar-refractivity contribution in [3.63, 3.8) is 0 Å². The summed E-state index contributed by atoms with van der Waals surface area (Å²) in [6.07, 6.45) is 1.43. The number of methoxy groups -OCH3 is 1. The molecule has 10 heteroatoms. The molecule has 0 atom stereocenters. The lowest BCUT2D eigenvalue weighted by atomic mass is 10.2. The summed E-state index contributed by atoms with van der Waals surface area (Å²) >= 11 is 6.31. The molecule has 0 aliphatic rings. The van der Waals surface area contributed by atoms with Crippen LogP contribution in [-0.4, -0.2) is 34.2 Å². The van der Waals surface area contributed by atoms with E-state index in [0.29, 0.717) is 23.7 Å². The molecule has 0 saturated heterocycles. The minimum Gasteiger partial charge on any atom is -0.493 e. The number of anilines is 1. The average molecular weight is 578 g/mol. The Morgan fingerprint density at radius 2 is 1.65 bits per heavy atom. The maximum absolute atomic E-state index is 13.5. The van der Waals surface area contributed by atoms with Crippen LogP contribution in [-0.2, 0) is 21.4 Å². The number of para-hydroxylation sites is 1. The number of hydrazone groups is 1. The first-order chi connectivity index (χ1) is 19.3. The van der Waals surface area contributed by atoms with Crippen LogP contribution in [0.5, 0.6) is 11.5 Å². The van der Waals surface area contributed by atoms with Crippen LogP contribution in [0.25, 0.3) is 0 Å². The maximum Gasteiger partial charge on any atom is 0.264 e. The number of nitrogens with one attached hydrogen (secondary N) is 1. The van der Waals surface area contributed by atoms with Gasteiger partial charge in [0, 0.05) is 0 Å². The third kappa shape index (κ3) is 7.19. The monoisotopic (exact) mass is 577 g/mol. The Kier molecular flexibility index (Phi) is 9.42. The lowest BCUT2D eigenvalue weighted by Crippen LogP contribution is -2.39. The largest absolute Gasteiger partial charge is 0.493 e. The Labute approximate surface area is 238 Å². The van der Waals surface area contributed by atoms with E-state index in [1.807, 2.05) is 37.3 Å². The van der Waals surface area contributed by atoms with Crippen molar-refractivity contribution < 1.29 is 22.7 Å². The molecule has 0 saturated carbocycles. The summed E-state index contributed by atoms with van der Waals surface area (Å²) in [5, 5.41) is 4.19. The zero-order chi connectivity index (χ0) is 28.5. The lowest BCUT2D eigenvalue weighted by Gasteiger charge is -2.24. The van der Waals surface area contributed by atoms with Crippen molar-refractivity contribution in [2.75, 3.05) is 18.0 Å². The van der Waals surface area contributed by atoms with Crippen molar-refractivity contribution >= 4 is 39.4 Å². The van der Waals surface area contributed by atoms with Crippen molar-refractivity contribution in [3.8, 4) is 11.5 Å². The topological polar surface area (TPSA) is 97.3 Å². The molecule has 0 bridgehead atoms. The van der Waals surface area contributed by atoms with Crippen LogP contribution >= 0.6 is 11.6 Å². The fourth-order valence-corrected chi connectivity index (χ4v) is 5.48. The van der Waals surface area contributed by atoms with Crippen molar-refractivity contribution in [3.05, 3.63) is 119 Å². The van der Waals surface area contributed by atoms with E-state index in [4.69, 9.17) is 21.1 Å². The summed E-state index contributed by atoms with van der Waals surface area (Å²) in [5.74, 6) is 0.408. The number of nitrogens with zero attached hydrogens (tertiary/aromatic N) is 2. The van der Waals surface area contributed by atoms with Crippen molar-refractivity contribution in [1.82, 2.24) is 5.43 Å². The lowest BCUT2D eigenvalue weighted by molar-refractivity contribution is -0.119. The van der Waals surface area contributed by atoms with E-state index in [2.05, 4.69) is 10.5 Å². The molecule has 0 fully saturated rings. The highest BCUT2D eigenvalue weighted by Crippen LogP contribution is 2.31. The van der Waals surface area contributed by atoms with Gasteiger partial charge < -0.3 is 9.47 Å². The van der Waals surface area contributed by atoms with E-state index in [-0.39, 0.29) is 15.6 Å². The Morgan fingerprint density at radius 1 is 0.950 bits per heavy atom. The van der Waals surface area contributed by atoms with Crippen LogP contribution in [0.15, 0.2) is 107 Å². The highest BCUT2D eigenvalue weighted by atomic mass is 35.5. The number of hydrogen-bond acceptors (Lipinski definition) is 6. The molecule has 0 aliphatic heterocycles. The molecule has 0 spiro atoms. The molecular weight excluding hydrogens is 550 g/mol. The number of hydrogen-bond donors (Lipinski definition) is 1. The van der Waals surface area contributed by atoms with E-state index >= 15 is 0 Å². The summed E-state index contributed by atoms with van der Waals surface area (Å²) in [4.78, 5) is 12.9. The van der Waals surface area contributed by atoms with Gasteiger partial charge in [0.2, 0.25) is 0 Å². The van der Waals surface area contributed by atoms with Crippen LogP contribution in [0.4, 0.5) is 5.69 Å². The van der Waals surface area contributed by atoms with Crippen LogP contribution in [0, 0.1) is 6.92 Å². The van der Waals surface area contributed by atoms with Crippen LogP contribution < -0.4 is 19.2 Å². The van der Waals surface area contributed by atoms with Gasteiger partial charge in [-0.3, -0.25) is 9.10 Å². The zero-order valence-corrected chi connectivity index (χ0v) is 23.5. The van der Waals surface area contributed by atoms with Crippen LogP contribution in [0.3, 0.4) is 0 Å². The summed E-state index contributed by atoms with van der Waals surface area (Å²) in [5.41, 5.74) is 5.14. The maximum atomic E-state index is 13.5. The van der Waals surface area contributed by atoms with E-state index in [1.165, 1.54) is 31.5 Å². The molecule has 206 valence electrons. The quantitative estimate of drug-likeness (QED) is 0.185. The third-order valence-electron chi connectivity index (χ3n) is 5.85. The highest BCUT2D eigenvalue weighted by Gasteiger charge is 2.28. The molecule has 0 radical (unpaired) electrons. The molecule has 8 nitrogen and oxygen atoms in total. The van der Waals surface area contributed by atoms with Gasteiger partial charge in [0.05, 0.1) is 28.9 Å². The van der Waals surface area contributed by atoms with Gasteiger partial charge in [0.15, 0.2) is 11.5 Å².